The van der Waals surface area contributed by atoms with E-state index in [0.29, 0.717) is 6.61 Å². The van der Waals surface area contributed by atoms with Crippen molar-refractivity contribution < 1.29 is 9.13 Å². The van der Waals surface area contributed by atoms with E-state index in [1.54, 1.807) is 6.07 Å². The van der Waals surface area contributed by atoms with E-state index in [2.05, 4.69) is 5.32 Å². The number of benzene rings is 2. The first-order chi connectivity index (χ1) is 9.20. The predicted octanol–water partition coefficient (Wildman–Crippen LogP) is 3.43. The van der Waals surface area contributed by atoms with E-state index in [1.807, 2.05) is 38.2 Å². The van der Waals surface area contributed by atoms with Gasteiger partial charge in [0.05, 0.1) is 0 Å². The number of ether oxygens (including phenoxy) is 1. The van der Waals surface area contributed by atoms with Crippen LogP contribution in [0.4, 0.5) is 4.39 Å². The zero-order chi connectivity index (χ0) is 13.7. The van der Waals surface area contributed by atoms with E-state index in [0.717, 1.165) is 29.0 Å². The summed E-state index contributed by atoms with van der Waals surface area (Å²) in [6, 6.07) is 12.6. The molecule has 2 nitrogen and oxygen atoms in total. The lowest BCUT2D eigenvalue weighted by atomic mass is 10.1. The fraction of sp³-hybridized carbons (Fsp3) is 0.250. The Kier molecular flexibility index (Phi) is 4.53. The van der Waals surface area contributed by atoms with Crippen LogP contribution in [-0.4, -0.2) is 7.05 Å². The van der Waals surface area contributed by atoms with Gasteiger partial charge < -0.3 is 10.1 Å². The van der Waals surface area contributed by atoms with Crippen LogP contribution in [0.5, 0.6) is 5.75 Å². The first kappa shape index (κ1) is 13.6. The molecular formula is C16H18FNO. The monoisotopic (exact) mass is 259 g/mol. The van der Waals surface area contributed by atoms with Crippen LogP contribution in [0.2, 0.25) is 0 Å². The van der Waals surface area contributed by atoms with Gasteiger partial charge in [-0.2, -0.15) is 0 Å². The topological polar surface area (TPSA) is 21.3 Å². The Labute approximate surface area is 113 Å². The normalized spacial score (nSPS) is 10.5. The number of rotatable bonds is 5. The maximum atomic E-state index is 13.2. The Morgan fingerprint density at radius 2 is 1.89 bits per heavy atom. The summed E-state index contributed by atoms with van der Waals surface area (Å²) >= 11 is 0. The predicted molar refractivity (Wildman–Crippen MR) is 74.7 cm³/mol. The highest BCUT2D eigenvalue weighted by molar-refractivity contribution is 5.34. The summed E-state index contributed by atoms with van der Waals surface area (Å²) < 4.78 is 19.0. The Balaban J connectivity index is 2.12. The highest BCUT2D eigenvalue weighted by atomic mass is 19.1. The van der Waals surface area contributed by atoms with Crippen LogP contribution in [0, 0.1) is 12.7 Å². The lowest BCUT2D eigenvalue weighted by molar-refractivity contribution is 0.301. The number of hydrogen-bond donors (Lipinski definition) is 1. The van der Waals surface area contributed by atoms with Gasteiger partial charge >= 0.3 is 0 Å². The minimum Gasteiger partial charge on any atom is -0.489 e. The molecule has 100 valence electrons. The van der Waals surface area contributed by atoms with Crippen LogP contribution in [0.3, 0.4) is 0 Å². The SMILES string of the molecule is CNCc1ccccc1OCc1cc(F)ccc1C. The minimum absolute atomic E-state index is 0.229. The first-order valence-electron chi connectivity index (χ1n) is 6.31. The molecule has 0 saturated heterocycles. The summed E-state index contributed by atoms with van der Waals surface area (Å²) in [6.45, 7) is 3.08. The summed E-state index contributed by atoms with van der Waals surface area (Å²) in [5, 5.41) is 3.10. The van der Waals surface area contributed by atoms with E-state index >= 15 is 0 Å². The van der Waals surface area contributed by atoms with Gasteiger partial charge in [-0.25, -0.2) is 4.39 Å². The molecule has 3 heteroatoms. The Hall–Kier alpha value is -1.87. The molecule has 1 N–H and O–H groups in total. The lowest BCUT2D eigenvalue weighted by Gasteiger charge is -2.12. The first-order valence-corrected chi connectivity index (χ1v) is 6.31. The van der Waals surface area contributed by atoms with Crippen molar-refractivity contribution in [1.82, 2.24) is 5.32 Å². The molecular weight excluding hydrogens is 241 g/mol. The standard InChI is InChI=1S/C16H18FNO/c1-12-7-8-15(17)9-14(12)11-19-16-6-4-3-5-13(16)10-18-2/h3-9,18H,10-11H2,1-2H3. The molecule has 0 saturated carbocycles. The highest BCUT2D eigenvalue weighted by Crippen LogP contribution is 2.20. The van der Waals surface area contributed by atoms with Crippen molar-refractivity contribution >= 4 is 0 Å². The van der Waals surface area contributed by atoms with Gasteiger partial charge in [-0.05, 0) is 43.3 Å². The van der Waals surface area contributed by atoms with Gasteiger partial charge in [0.2, 0.25) is 0 Å². The minimum atomic E-state index is -0.229. The third-order valence-electron chi connectivity index (χ3n) is 3.03. The van der Waals surface area contributed by atoms with Gasteiger partial charge in [0.1, 0.15) is 18.2 Å². The fourth-order valence-electron chi connectivity index (χ4n) is 1.93. The number of para-hydroxylation sites is 1. The molecule has 19 heavy (non-hydrogen) atoms. The fourth-order valence-corrected chi connectivity index (χ4v) is 1.93. The average molecular weight is 259 g/mol. The van der Waals surface area contributed by atoms with Crippen LogP contribution in [-0.2, 0) is 13.2 Å². The maximum absolute atomic E-state index is 13.2. The van der Waals surface area contributed by atoms with Crippen molar-refractivity contribution in [3.63, 3.8) is 0 Å². The molecule has 0 aromatic heterocycles. The van der Waals surface area contributed by atoms with Crippen molar-refractivity contribution in [2.45, 2.75) is 20.1 Å². The molecule has 0 aliphatic carbocycles. The number of halogens is 1. The molecule has 0 unspecified atom stereocenters. The highest BCUT2D eigenvalue weighted by Gasteiger charge is 2.05. The van der Waals surface area contributed by atoms with Gasteiger partial charge in [-0.15, -0.1) is 0 Å². The maximum Gasteiger partial charge on any atom is 0.124 e. The van der Waals surface area contributed by atoms with Crippen molar-refractivity contribution in [3.05, 3.63) is 65.0 Å². The second kappa shape index (κ2) is 6.34. The van der Waals surface area contributed by atoms with Gasteiger partial charge in [0.15, 0.2) is 0 Å². The molecule has 0 bridgehead atoms. The van der Waals surface area contributed by atoms with Crippen molar-refractivity contribution in [2.24, 2.45) is 0 Å². The van der Waals surface area contributed by atoms with Gasteiger partial charge in [0.25, 0.3) is 0 Å². The molecule has 0 aliphatic rings. The summed E-state index contributed by atoms with van der Waals surface area (Å²) in [6.07, 6.45) is 0. The molecule has 0 atom stereocenters. The second-order valence-corrected chi connectivity index (χ2v) is 4.50. The molecule has 0 fully saturated rings. The lowest BCUT2D eigenvalue weighted by Crippen LogP contribution is -2.07. The van der Waals surface area contributed by atoms with Crippen LogP contribution in [0.15, 0.2) is 42.5 Å². The van der Waals surface area contributed by atoms with E-state index in [1.165, 1.54) is 12.1 Å². The molecule has 0 amide bonds. The summed E-state index contributed by atoms with van der Waals surface area (Å²) in [5.74, 6) is 0.605. The molecule has 2 rings (SSSR count). The van der Waals surface area contributed by atoms with Crippen LogP contribution in [0.25, 0.3) is 0 Å². The number of nitrogens with one attached hydrogen (secondary N) is 1. The van der Waals surface area contributed by atoms with E-state index < -0.39 is 0 Å². The van der Waals surface area contributed by atoms with Crippen LogP contribution in [0.1, 0.15) is 16.7 Å². The molecule has 0 spiro atoms. The van der Waals surface area contributed by atoms with Crippen molar-refractivity contribution in [2.75, 3.05) is 7.05 Å². The average Bonchev–Trinajstić information content (AvgIpc) is 2.42. The van der Waals surface area contributed by atoms with Crippen molar-refractivity contribution in [3.8, 4) is 5.75 Å². The van der Waals surface area contributed by atoms with E-state index in [4.69, 9.17) is 4.74 Å². The van der Waals surface area contributed by atoms with E-state index in [-0.39, 0.29) is 5.82 Å². The van der Waals surface area contributed by atoms with Gasteiger partial charge in [-0.3, -0.25) is 0 Å². The Morgan fingerprint density at radius 1 is 1.11 bits per heavy atom. The van der Waals surface area contributed by atoms with Crippen molar-refractivity contribution in [1.29, 1.82) is 0 Å². The second-order valence-electron chi connectivity index (χ2n) is 4.50. The van der Waals surface area contributed by atoms with Crippen LogP contribution < -0.4 is 10.1 Å². The van der Waals surface area contributed by atoms with E-state index in [9.17, 15) is 4.39 Å². The summed E-state index contributed by atoms with van der Waals surface area (Å²) in [5.41, 5.74) is 3.01. The zero-order valence-electron chi connectivity index (χ0n) is 11.2. The van der Waals surface area contributed by atoms with Gasteiger partial charge in [0, 0.05) is 12.1 Å². The third-order valence-corrected chi connectivity index (χ3v) is 3.03. The molecule has 2 aromatic carbocycles. The molecule has 0 heterocycles. The zero-order valence-corrected chi connectivity index (χ0v) is 11.2. The largest absolute Gasteiger partial charge is 0.489 e. The molecule has 2 aromatic rings. The van der Waals surface area contributed by atoms with Crippen LogP contribution >= 0.6 is 0 Å². The summed E-state index contributed by atoms with van der Waals surface area (Å²) in [7, 11) is 1.90. The molecule has 0 radical (unpaired) electrons. The Bertz CT molecular complexity index is 554. The number of aryl methyl sites for hydroxylation is 1. The quantitative estimate of drug-likeness (QED) is 0.888. The number of hydrogen-bond acceptors (Lipinski definition) is 2. The van der Waals surface area contributed by atoms with Gasteiger partial charge in [-0.1, -0.05) is 24.3 Å². The smallest absolute Gasteiger partial charge is 0.124 e. The third kappa shape index (κ3) is 3.55. The Morgan fingerprint density at radius 3 is 2.68 bits per heavy atom. The summed E-state index contributed by atoms with van der Waals surface area (Å²) in [4.78, 5) is 0. The molecule has 0 aliphatic heterocycles.